The molecule has 22 heavy (non-hydrogen) atoms. The average Bonchev–Trinajstić information content (AvgIpc) is 2.53. The van der Waals surface area contributed by atoms with Crippen LogP contribution in [0.3, 0.4) is 0 Å². The minimum absolute atomic E-state index is 0.0811. The van der Waals surface area contributed by atoms with Crippen molar-refractivity contribution in [2.45, 2.75) is 90.9 Å². The number of hydrogen-bond donors (Lipinski definition) is 1. The maximum atomic E-state index is 9.54. The van der Waals surface area contributed by atoms with Crippen LogP contribution >= 0.6 is 0 Å². The molecule has 2 nitrogen and oxygen atoms in total. The third kappa shape index (κ3) is 13.3. The number of ether oxygens (including phenoxy) is 1. The third-order valence-electron chi connectivity index (χ3n) is 4.45. The molecule has 1 N–H and O–H groups in total. The van der Waals surface area contributed by atoms with Crippen LogP contribution in [0.2, 0.25) is 0 Å². The van der Waals surface area contributed by atoms with E-state index < -0.39 is 0 Å². The zero-order valence-electron chi connectivity index (χ0n) is 15.2. The summed E-state index contributed by atoms with van der Waals surface area (Å²) in [7, 11) is 0. The first kappa shape index (κ1) is 21.7. The first-order chi connectivity index (χ1) is 10.7. The van der Waals surface area contributed by atoms with Gasteiger partial charge >= 0.3 is 0 Å². The highest BCUT2D eigenvalue weighted by Crippen LogP contribution is 2.25. The Morgan fingerprint density at radius 3 is 1.86 bits per heavy atom. The van der Waals surface area contributed by atoms with Crippen molar-refractivity contribution in [2.24, 2.45) is 5.41 Å². The zero-order chi connectivity index (χ0) is 16.5. The van der Waals surface area contributed by atoms with Gasteiger partial charge in [0, 0.05) is 5.41 Å². The summed E-state index contributed by atoms with van der Waals surface area (Å²) in [5.74, 6) is 0. The molecule has 0 aromatic heterocycles. The summed E-state index contributed by atoms with van der Waals surface area (Å²) >= 11 is 0. The second-order valence-electron chi connectivity index (χ2n) is 7.06. The molecule has 0 aromatic rings. The van der Waals surface area contributed by atoms with Crippen molar-refractivity contribution in [1.82, 2.24) is 0 Å². The van der Waals surface area contributed by atoms with Crippen LogP contribution in [0.15, 0.2) is 12.7 Å². The van der Waals surface area contributed by atoms with Gasteiger partial charge in [-0.05, 0) is 6.42 Å². The van der Waals surface area contributed by atoms with E-state index in [2.05, 4.69) is 20.4 Å². The van der Waals surface area contributed by atoms with Crippen LogP contribution in [0.1, 0.15) is 90.9 Å². The van der Waals surface area contributed by atoms with Crippen LogP contribution in [0.4, 0.5) is 0 Å². The minimum Gasteiger partial charge on any atom is -0.396 e. The third-order valence-corrected chi connectivity index (χ3v) is 4.45. The lowest BCUT2D eigenvalue weighted by Gasteiger charge is -2.26. The van der Waals surface area contributed by atoms with E-state index in [4.69, 9.17) is 4.74 Å². The van der Waals surface area contributed by atoms with E-state index in [1.807, 2.05) is 0 Å². The van der Waals surface area contributed by atoms with Crippen LogP contribution < -0.4 is 0 Å². The summed E-state index contributed by atoms with van der Waals surface area (Å²) in [6, 6.07) is 0. The van der Waals surface area contributed by atoms with Gasteiger partial charge in [-0.1, -0.05) is 90.6 Å². The van der Waals surface area contributed by atoms with E-state index in [1.165, 1.54) is 70.6 Å². The van der Waals surface area contributed by atoms with Crippen molar-refractivity contribution in [2.75, 3.05) is 19.8 Å². The minimum atomic E-state index is -0.0811. The van der Waals surface area contributed by atoms with Gasteiger partial charge in [-0.15, -0.1) is 6.58 Å². The first-order valence-electron chi connectivity index (χ1n) is 9.48. The molecular formula is C20H40O2. The standard InChI is InChI=1S/C20H40O2/c1-4-6-7-8-9-10-11-12-13-14-15-16-20(3,18-21)19-22-17-5-2/h5,21H,2,4,6-19H2,1,3H3. The molecule has 2 heteroatoms. The Morgan fingerprint density at radius 2 is 1.41 bits per heavy atom. The molecule has 0 heterocycles. The van der Waals surface area contributed by atoms with Gasteiger partial charge in [0.25, 0.3) is 0 Å². The van der Waals surface area contributed by atoms with Crippen LogP contribution in [-0.4, -0.2) is 24.9 Å². The van der Waals surface area contributed by atoms with Crippen molar-refractivity contribution >= 4 is 0 Å². The molecule has 132 valence electrons. The first-order valence-corrected chi connectivity index (χ1v) is 9.48. The largest absolute Gasteiger partial charge is 0.396 e. The van der Waals surface area contributed by atoms with Crippen molar-refractivity contribution in [1.29, 1.82) is 0 Å². The molecule has 0 spiro atoms. The lowest BCUT2D eigenvalue weighted by Crippen LogP contribution is -2.27. The van der Waals surface area contributed by atoms with Gasteiger partial charge in [-0.25, -0.2) is 0 Å². The lowest BCUT2D eigenvalue weighted by atomic mass is 9.86. The fraction of sp³-hybridized carbons (Fsp3) is 0.900. The summed E-state index contributed by atoms with van der Waals surface area (Å²) in [5.41, 5.74) is -0.0811. The number of aliphatic hydroxyl groups excluding tert-OH is 1. The predicted molar refractivity (Wildman–Crippen MR) is 97.3 cm³/mol. The number of hydrogen-bond acceptors (Lipinski definition) is 2. The zero-order valence-corrected chi connectivity index (χ0v) is 15.2. The molecule has 1 unspecified atom stereocenters. The van der Waals surface area contributed by atoms with Crippen molar-refractivity contribution in [3.63, 3.8) is 0 Å². The number of aliphatic hydroxyl groups is 1. The molecule has 0 rings (SSSR count). The Morgan fingerprint density at radius 1 is 0.909 bits per heavy atom. The fourth-order valence-electron chi connectivity index (χ4n) is 2.80. The highest BCUT2D eigenvalue weighted by molar-refractivity contribution is 4.74. The Balaban J connectivity index is 3.40. The van der Waals surface area contributed by atoms with Crippen molar-refractivity contribution in [3.05, 3.63) is 12.7 Å². The van der Waals surface area contributed by atoms with Gasteiger partial charge in [0.1, 0.15) is 0 Å². The van der Waals surface area contributed by atoms with E-state index in [1.54, 1.807) is 6.08 Å². The van der Waals surface area contributed by atoms with Crippen LogP contribution in [0.5, 0.6) is 0 Å². The van der Waals surface area contributed by atoms with E-state index in [0.717, 1.165) is 6.42 Å². The van der Waals surface area contributed by atoms with Gasteiger partial charge in [0.15, 0.2) is 0 Å². The number of rotatable bonds is 17. The van der Waals surface area contributed by atoms with Gasteiger partial charge in [0.05, 0.1) is 19.8 Å². The Bertz CT molecular complexity index is 240. The summed E-state index contributed by atoms with van der Waals surface area (Å²) in [4.78, 5) is 0. The summed E-state index contributed by atoms with van der Waals surface area (Å²) in [6.45, 7) is 9.46. The Kier molecular flexibility index (Phi) is 15.3. The Hall–Kier alpha value is -0.340. The molecule has 0 saturated heterocycles. The molecule has 0 amide bonds. The molecule has 0 aliphatic carbocycles. The second-order valence-corrected chi connectivity index (χ2v) is 7.06. The van der Waals surface area contributed by atoms with E-state index in [-0.39, 0.29) is 12.0 Å². The monoisotopic (exact) mass is 312 g/mol. The summed E-state index contributed by atoms with van der Waals surface area (Å²) < 4.78 is 5.51. The Labute approximate surface area is 139 Å². The van der Waals surface area contributed by atoms with E-state index in [0.29, 0.717) is 13.2 Å². The van der Waals surface area contributed by atoms with E-state index >= 15 is 0 Å². The molecule has 0 saturated carbocycles. The quantitative estimate of drug-likeness (QED) is 0.268. The second kappa shape index (κ2) is 15.6. The van der Waals surface area contributed by atoms with Gasteiger partial charge < -0.3 is 9.84 Å². The molecule has 0 fully saturated rings. The highest BCUT2D eigenvalue weighted by Gasteiger charge is 2.22. The smallest absolute Gasteiger partial charge is 0.0645 e. The predicted octanol–water partition coefficient (Wildman–Crippen LogP) is 5.89. The van der Waals surface area contributed by atoms with E-state index in [9.17, 15) is 5.11 Å². The maximum Gasteiger partial charge on any atom is 0.0645 e. The van der Waals surface area contributed by atoms with Crippen LogP contribution in [-0.2, 0) is 4.74 Å². The summed E-state index contributed by atoms with van der Waals surface area (Å²) in [6.07, 6.45) is 17.8. The van der Waals surface area contributed by atoms with Gasteiger partial charge in [-0.3, -0.25) is 0 Å². The average molecular weight is 313 g/mol. The normalized spacial score (nSPS) is 14.0. The van der Waals surface area contributed by atoms with Gasteiger partial charge in [-0.2, -0.15) is 0 Å². The lowest BCUT2D eigenvalue weighted by molar-refractivity contribution is 0.0214. The molecule has 1 atom stereocenters. The fourth-order valence-corrected chi connectivity index (χ4v) is 2.80. The highest BCUT2D eigenvalue weighted by atomic mass is 16.5. The molecule has 0 radical (unpaired) electrons. The van der Waals surface area contributed by atoms with Crippen molar-refractivity contribution < 1.29 is 9.84 Å². The maximum absolute atomic E-state index is 9.54. The van der Waals surface area contributed by atoms with Crippen LogP contribution in [0, 0.1) is 5.41 Å². The molecular weight excluding hydrogens is 272 g/mol. The number of unbranched alkanes of at least 4 members (excludes halogenated alkanes) is 10. The SMILES string of the molecule is C=CCOCC(C)(CO)CCCCCCCCCCCCC. The van der Waals surface area contributed by atoms with Crippen LogP contribution in [0.25, 0.3) is 0 Å². The molecule has 0 aromatic carbocycles. The molecule has 0 aliphatic heterocycles. The van der Waals surface area contributed by atoms with Crippen molar-refractivity contribution in [3.8, 4) is 0 Å². The molecule has 0 aliphatic rings. The summed E-state index contributed by atoms with van der Waals surface area (Å²) in [5, 5.41) is 9.54. The topological polar surface area (TPSA) is 29.5 Å². The molecule has 0 bridgehead atoms. The van der Waals surface area contributed by atoms with Gasteiger partial charge in [0.2, 0.25) is 0 Å².